The average Bonchev–Trinajstić information content (AvgIpc) is 2.93. The molecule has 5 heteroatoms. The Kier molecular flexibility index (Phi) is 5.16. The van der Waals surface area contributed by atoms with Crippen LogP contribution in [0.5, 0.6) is 0 Å². The highest BCUT2D eigenvalue weighted by atomic mass is 19.1. The van der Waals surface area contributed by atoms with Gasteiger partial charge in [0.15, 0.2) is 0 Å². The summed E-state index contributed by atoms with van der Waals surface area (Å²) in [5, 5.41) is 5.63. The summed E-state index contributed by atoms with van der Waals surface area (Å²) < 4.78 is 13.1. The molecule has 4 nitrogen and oxygen atoms in total. The van der Waals surface area contributed by atoms with Crippen LogP contribution in [0.15, 0.2) is 59.2 Å². The fourth-order valence-electron chi connectivity index (χ4n) is 2.98. The van der Waals surface area contributed by atoms with Gasteiger partial charge in [-0.1, -0.05) is 12.1 Å². The molecule has 0 fully saturated rings. The zero-order chi connectivity index (χ0) is 18.7. The number of nitrogens with zero attached hydrogens (tertiary/aromatic N) is 3. The van der Waals surface area contributed by atoms with Gasteiger partial charge in [0.25, 0.3) is 5.91 Å². The number of benzene rings is 2. The van der Waals surface area contributed by atoms with Crippen LogP contribution in [0.1, 0.15) is 26.3 Å². The average molecular weight is 351 g/mol. The second-order valence-electron chi connectivity index (χ2n) is 6.10. The molecule has 1 heterocycles. The highest BCUT2D eigenvalue weighted by molar-refractivity contribution is 6.32. The molecule has 0 aliphatic carbocycles. The van der Waals surface area contributed by atoms with E-state index < -0.39 is 0 Å². The standard InChI is InChI=1S/C21H22FN3O/c1-4-24(5-2)18-10-6-16(7-11-18)14-20-15(3)23-25(21(20)26)19-12-8-17(22)9-13-19/h6-14H,4-5H2,1-3H3/b20-14+. The van der Waals surface area contributed by atoms with Gasteiger partial charge in [-0.15, -0.1) is 0 Å². The van der Waals surface area contributed by atoms with Gasteiger partial charge in [0.05, 0.1) is 17.0 Å². The number of hydrogen-bond acceptors (Lipinski definition) is 3. The molecule has 26 heavy (non-hydrogen) atoms. The molecule has 0 bridgehead atoms. The van der Waals surface area contributed by atoms with Crippen molar-refractivity contribution in [1.82, 2.24) is 0 Å². The van der Waals surface area contributed by atoms with E-state index in [1.54, 1.807) is 19.1 Å². The van der Waals surface area contributed by atoms with E-state index in [-0.39, 0.29) is 11.7 Å². The SMILES string of the molecule is CCN(CC)c1ccc(/C=C2/C(=O)N(c3ccc(F)cc3)N=C2C)cc1. The van der Waals surface area contributed by atoms with Gasteiger partial charge >= 0.3 is 0 Å². The zero-order valence-electron chi connectivity index (χ0n) is 15.2. The molecule has 0 saturated heterocycles. The number of amides is 1. The summed E-state index contributed by atoms with van der Waals surface area (Å²) in [6, 6.07) is 13.9. The van der Waals surface area contributed by atoms with Gasteiger partial charge in [0.2, 0.25) is 0 Å². The van der Waals surface area contributed by atoms with Crippen molar-refractivity contribution in [2.45, 2.75) is 20.8 Å². The summed E-state index contributed by atoms with van der Waals surface area (Å²) in [6.07, 6.45) is 1.84. The number of carbonyl (C=O) groups is 1. The molecule has 0 aromatic heterocycles. The molecule has 0 atom stereocenters. The topological polar surface area (TPSA) is 35.9 Å². The first-order valence-electron chi connectivity index (χ1n) is 8.75. The Morgan fingerprint density at radius 1 is 1.04 bits per heavy atom. The Morgan fingerprint density at radius 2 is 1.65 bits per heavy atom. The number of halogens is 1. The third-order valence-electron chi connectivity index (χ3n) is 4.47. The smallest absolute Gasteiger partial charge is 0.280 e. The third kappa shape index (κ3) is 3.52. The van der Waals surface area contributed by atoms with Crippen molar-refractivity contribution in [2.24, 2.45) is 5.10 Å². The number of hydrogen-bond donors (Lipinski definition) is 0. The van der Waals surface area contributed by atoms with Gasteiger partial charge in [0, 0.05) is 18.8 Å². The maximum absolute atomic E-state index is 13.1. The van der Waals surface area contributed by atoms with E-state index in [1.165, 1.54) is 17.1 Å². The molecule has 2 aromatic carbocycles. The van der Waals surface area contributed by atoms with Crippen LogP contribution in [-0.4, -0.2) is 24.7 Å². The van der Waals surface area contributed by atoms with Gasteiger partial charge in [-0.05, 0) is 68.8 Å². The Morgan fingerprint density at radius 3 is 2.23 bits per heavy atom. The predicted molar refractivity (Wildman–Crippen MR) is 105 cm³/mol. The van der Waals surface area contributed by atoms with Crippen LogP contribution in [-0.2, 0) is 4.79 Å². The molecule has 2 aromatic rings. The van der Waals surface area contributed by atoms with Crippen LogP contribution in [0, 0.1) is 5.82 Å². The minimum Gasteiger partial charge on any atom is -0.372 e. The molecule has 1 aliphatic rings. The van der Waals surface area contributed by atoms with E-state index in [2.05, 4.69) is 36.0 Å². The summed E-state index contributed by atoms with van der Waals surface area (Å²) in [7, 11) is 0. The number of hydrazone groups is 1. The molecule has 1 amide bonds. The van der Waals surface area contributed by atoms with E-state index in [1.807, 2.05) is 18.2 Å². The van der Waals surface area contributed by atoms with E-state index in [9.17, 15) is 9.18 Å². The lowest BCUT2D eigenvalue weighted by atomic mass is 10.1. The summed E-state index contributed by atoms with van der Waals surface area (Å²) in [4.78, 5) is 15.0. The normalized spacial score (nSPS) is 15.5. The molecule has 0 radical (unpaired) electrons. The van der Waals surface area contributed by atoms with Crippen molar-refractivity contribution in [3.05, 3.63) is 65.5 Å². The molecule has 134 valence electrons. The van der Waals surface area contributed by atoms with Crippen LogP contribution < -0.4 is 9.91 Å². The Hall–Kier alpha value is -2.95. The van der Waals surface area contributed by atoms with Crippen molar-refractivity contribution >= 4 is 29.1 Å². The van der Waals surface area contributed by atoms with E-state index >= 15 is 0 Å². The first-order valence-corrected chi connectivity index (χ1v) is 8.75. The molecule has 0 unspecified atom stereocenters. The van der Waals surface area contributed by atoms with E-state index in [0.29, 0.717) is 17.0 Å². The number of carbonyl (C=O) groups excluding carboxylic acids is 1. The third-order valence-corrected chi connectivity index (χ3v) is 4.47. The fourth-order valence-corrected chi connectivity index (χ4v) is 2.98. The van der Waals surface area contributed by atoms with Crippen LogP contribution in [0.25, 0.3) is 6.08 Å². The van der Waals surface area contributed by atoms with Gasteiger partial charge < -0.3 is 4.90 Å². The molecular weight excluding hydrogens is 329 g/mol. The van der Waals surface area contributed by atoms with Crippen molar-refractivity contribution < 1.29 is 9.18 Å². The zero-order valence-corrected chi connectivity index (χ0v) is 15.2. The molecule has 0 saturated carbocycles. The molecule has 1 aliphatic heterocycles. The monoisotopic (exact) mass is 351 g/mol. The number of anilines is 2. The van der Waals surface area contributed by atoms with Crippen molar-refractivity contribution in [3.63, 3.8) is 0 Å². The van der Waals surface area contributed by atoms with Gasteiger partial charge in [-0.3, -0.25) is 4.79 Å². The summed E-state index contributed by atoms with van der Waals surface area (Å²) in [5.41, 5.74) is 3.85. The molecule has 0 N–H and O–H groups in total. The highest BCUT2D eigenvalue weighted by Crippen LogP contribution is 2.25. The first-order chi connectivity index (χ1) is 12.5. The Balaban J connectivity index is 1.84. The molecule has 0 spiro atoms. The lowest BCUT2D eigenvalue weighted by molar-refractivity contribution is -0.114. The lowest BCUT2D eigenvalue weighted by Gasteiger charge is -2.20. The van der Waals surface area contributed by atoms with Crippen molar-refractivity contribution in [3.8, 4) is 0 Å². The maximum Gasteiger partial charge on any atom is 0.280 e. The summed E-state index contributed by atoms with van der Waals surface area (Å²) >= 11 is 0. The van der Waals surface area contributed by atoms with Gasteiger partial charge in [-0.25, -0.2) is 4.39 Å². The minimum atomic E-state index is -0.342. The van der Waals surface area contributed by atoms with Crippen LogP contribution >= 0.6 is 0 Å². The quantitative estimate of drug-likeness (QED) is 0.745. The van der Waals surface area contributed by atoms with Crippen LogP contribution in [0.2, 0.25) is 0 Å². The first kappa shape index (κ1) is 17.9. The summed E-state index contributed by atoms with van der Waals surface area (Å²) in [6.45, 7) is 7.96. The largest absolute Gasteiger partial charge is 0.372 e. The molecule has 3 rings (SSSR count). The lowest BCUT2D eigenvalue weighted by Crippen LogP contribution is -2.21. The Bertz CT molecular complexity index is 850. The second kappa shape index (κ2) is 7.52. The van der Waals surface area contributed by atoms with Crippen LogP contribution in [0.3, 0.4) is 0 Å². The van der Waals surface area contributed by atoms with E-state index in [0.717, 1.165) is 24.3 Å². The van der Waals surface area contributed by atoms with Crippen molar-refractivity contribution in [2.75, 3.05) is 23.0 Å². The van der Waals surface area contributed by atoms with E-state index in [4.69, 9.17) is 0 Å². The number of rotatable bonds is 5. The van der Waals surface area contributed by atoms with Crippen molar-refractivity contribution in [1.29, 1.82) is 0 Å². The van der Waals surface area contributed by atoms with Crippen LogP contribution in [0.4, 0.5) is 15.8 Å². The predicted octanol–water partition coefficient (Wildman–Crippen LogP) is 4.48. The molecular formula is C21H22FN3O. The maximum atomic E-state index is 13.1. The second-order valence-corrected chi connectivity index (χ2v) is 6.10. The Labute approximate surface area is 153 Å². The van der Waals surface area contributed by atoms with Gasteiger partial charge in [-0.2, -0.15) is 10.1 Å². The highest BCUT2D eigenvalue weighted by Gasteiger charge is 2.28. The fraction of sp³-hybridized carbons (Fsp3) is 0.238. The summed E-state index contributed by atoms with van der Waals surface area (Å²) in [5.74, 6) is -0.549. The minimum absolute atomic E-state index is 0.207. The van der Waals surface area contributed by atoms with Gasteiger partial charge in [0.1, 0.15) is 5.82 Å².